The number of nitrogens with zero attached hydrogens (tertiary/aromatic N) is 1. The van der Waals surface area contributed by atoms with Gasteiger partial charge in [-0.2, -0.15) is 0 Å². The molecule has 0 aliphatic carbocycles. The van der Waals surface area contributed by atoms with E-state index in [2.05, 4.69) is 4.98 Å². The van der Waals surface area contributed by atoms with Gasteiger partial charge >= 0.3 is 0 Å². The minimum Gasteiger partial charge on any atom is -0.496 e. The van der Waals surface area contributed by atoms with Gasteiger partial charge in [0, 0.05) is 22.9 Å². The van der Waals surface area contributed by atoms with Crippen molar-refractivity contribution in [3.8, 4) is 5.75 Å². The third-order valence-corrected chi connectivity index (χ3v) is 3.56. The van der Waals surface area contributed by atoms with E-state index in [1.165, 1.54) is 0 Å². The van der Waals surface area contributed by atoms with Gasteiger partial charge in [0.25, 0.3) is 0 Å². The van der Waals surface area contributed by atoms with Crippen LogP contribution in [0.1, 0.15) is 15.9 Å². The highest BCUT2D eigenvalue weighted by Gasteiger charge is 2.03. The lowest BCUT2D eigenvalue weighted by Crippen LogP contribution is -1.94. The van der Waals surface area contributed by atoms with Gasteiger partial charge in [-0.3, -0.25) is 9.78 Å². The molecule has 0 unspecified atom stereocenters. The van der Waals surface area contributed by atoms with Crippen molar-refractivity contribution in [1.82, 2.24) is 4.98 Å². The largest absolute Gasteiger partial charge is 0.496 e. The highest BCUT2D eigenvalue weighted by Crippen LogP contribution is 2.28. The maximum Gasteiger partial charge on any atom is 0.187 e. The molecule has 1 heterocycles. The lowest BCUT2D eigenvalue weighted by atomic mass is 10.1. The van der Waals surface area contributed by atoms with E-state index in [9.17, 15) is 4.79 Å². The molecule has 0 atom stereocenters. The molecule has 0 aliphatic rings. The van der Waals surface area contributed by atoms with Crippen molar-refractivity contribution in [2.75, 3.05) is 13.4 Å². The number of allylic oxidation sites excluding steroid dienone is 1. The number of pyridine rings is 1. The molecule has 0 amide bonds. The van der Waals surface area contributed by atoms with E-state index in [-0.39, 0.29) is 5.78 Å². The maximum atomic E-state index is 11.9. The van der Waals surface area contributed by atoms with Crippen LogP contribution in [-0.2, 0) is 0 Å². The zero-order valence-corrected chi connectivity index (χ0v) is 12.2. The van der Waals surface area contributed by atoms with Crippen LogP contribution in [0.4, 0.5) is 0 Å². The molecule has 20 heavy (non-hydrogen) atoms. The first kappa shape index (κ1) is 14.3. The Bertz CT molecular complexity index is 624. The van der Waals surface area contributed by atoms with Crippen molar-refractivity contribution < 1.29 is 9.53 Å². The van der Waals surface area contributed by atoms with Crippen LogP contribution in [0.3, 0.4) is 0 Å². The number of carbonyl (C=O) groups excluding carboxylic acids is 1. The van der Waals surface area contributed by atoms with Crippen molar-refractivity contribution in [2.45, 2.75) is 4.90 Å². The summed E-state index contributed by atoms with van der Waals surface area (Å²) >= 11 is 1.63. The number of ketones is 1. The van der Waals surface area contributed by atoms with Gasteiger partial charge in [-0.15, -0.1) is 11.8 Å². The molecular weight excluding hydrogens is 270 g/mol. The van der Waals surface area contributed by atoms with Gasteiger partial charge in [0.2, 0.25) is 0 Å². The smallest absolute Gasteiger partial charge is 0.187 e. The second kappa shape index (κ2) is 6.91. The zero-order chi connectivity index (χ0) is 14.4. The number of rotatable bonds is 5. The highest BCUT2D eigenvalue weighted by atomic mass is 32.2. The normalized spacial score (nSPS) is 10.7. The number of hydrogen-bond donors (Lipinski definition) is 0. The summed E-state index contributed by atoms with van der Waals surface area (Å²) in [7, 11) is 1.64. The molecule has 2 rings (SSSR count). The summed E-state index contributed by atoms with van der Waals surface area (Å²) in [5.41, 5.74) is 1.51. The molecular formula is C16H15NO2S. The summed E-state index contributed by atoms with van der Waals surface area (Å²) in [5, 5.41) is 0. The number of benzene rings is 1. The molecule has 0 spiro atoms. The molecule has 0 bridgehead atoms. The number of aromatic nitrogens is 1. The Morgan fingerprint density at radius 3 is 2.85 bits per heavy atom. The van der Waals surface area contributed by atoms with Crippen molar-refractivity contribution in [3.63, 3.8) is 0 Å². The molecule has 102 valence electrons. The summed E-state index contributed by atoms with van der Waals surface area (Å²) in [6.45, 7) is 0. The topological polar surface area (TPSA) is 39.2 Å². The van der Waals surface area contributed by atoms with Gasteiger partial charge in [-0.25, -0.2) is 0 Å². The standard InChI is InChI=1S/C16H15NO2S/c1-19-15-10-12(6-8-16(15)20-2)5-7-14(18)13-4-3-9-17-11-13/h3-11H,1-2H3/b7-5-. The molecule has 0 aliphatic heterocycles. The Hall–Kier alpha value is -2.07. The maximum absolute atomic E-state index is 11.9. The summed E-state index contributed by atoms with van der Waals surface area (Å²) < 4.78 is 5.32. The van der Waals surface area contributed by atoms with E-state index in [1.54, 1.807) is 55.6 Å². The van der Waals surface area contributed by atoms with Gasteiger partial charge in [0.15, 0.2) is 5.78 Å². The molecule has 0 radical (unpaired) electrons. The SMILES string of the molecule is COc1cc(/C=C\C(=O)c2cccnc2)ccc1SC. The predicted molar refractivity (Wildman–Crippen MR) is 82.4 cm³/mol. The molecule has 0 fully saturated rings. The molecule has 0 N–H and O–H groups in total. The van der Waals surface area contributed by atoms with Gasteiger partial charge in [0.1, 0.15) is 5.75 Å². The van der Waals surface area contributed by atoms with Crippen LogP contribution in [0.2, 0.25) is 0 Å². The number of ether oxygens (including phenoxy) is 1. The predicted octanol–water partition coefficient (Wildman–Crippen LogP) is 3.71. The minimum atomic E-state index is -0.0639. The van der Waals surface area contributed by atoms with Crippen molar-refractivity contribution in [1.29, 1.82) is 0 Å². The lowest BCUT2D eigenvalue weighted by Gasteiger charge is -2.06. The third-order valence-electron chi connectivity index (χ3n) is 2.78. The van der Waals surface area contributed by atoms with Gasteiger partial charge < -0.3 is 4.74 Å². The van der Waals surface area contributed by atoms with E-state index < -0.39 is 0 Å². The molecule has 3 nitrogen and oxygen atoms in total. The van der Waals surface area contributed by atoms with Gasteiger partial charge in [-0.1, -0.05) is 12.1 Å². The first-order valence-electron chi connectivity index (χ1n) is 6.09. The van der Waals surface area contributed by atoms with Crippen molar-refractivity contribution >= 4 is 23.6 Å². The van der Waals surface area contributed by atoms with E-state index in [1.807, 2.05) is 24.5 Å². The Labute approximate surface area is 122 Å². The Morgan fingerprint density at radius 1 is 1.35 bits per heavy atom. The van der Waals surface area contributed by atoms with Crippen LogP contribution in [0.15, 0.2) is 53.7 Å². The molecule has 1 aromatic heterocycles. The second-order valence-corrected chi connectivity index (χ2v) is 4.90. The fourth-order valence-corrected chi connectivity index (χ4v) is 2.28. The summed E-state index contributed by atoms with van der Waals surface area (Å²) in [6, 6.07) is 9.35. The zero-order valence-electron chi connectivity index (χ0n) is 11.4. The number of carbonyl (C=O) groups is 1. The molecule has 1 aromatic carbocycles. The Kier molecular flexibility index (Phi) is 4.96. The lowest BCUT2D eigenvalue weighted by molar-refractivity contribution is 0.104. The van der Waals surface area contributed by atoms with Crippen LogP contribution < -0.4 is 4.74 Å². The Morgan fingerprint density at radius 2 is 2.20 bits per heavy atom. The molecule has 0 saturated heterocycles. The highest BCUT2D eigenvalue weighted by molar-refractivity contribution is 7.98. The molecule has 2 aromatic rings. The molecule has 4 heteroatoms. The van der Waals surface area contributed by atoms with Crippen molar-refractivity contribution in [2.24, 2.45) is 0 Å². The van der Waals surface area contributed by atoms with Gasteiger partial charge in [-0.05, 0) is 42.2 Å². The van der Waals surface area contributed by atoms with Crippen molar-refractivity contribution in [3.05, 3.63) is 59.9 Å². The third kappa shape index (κ3) is 3.48. The van der Waals surface area contributed by atoms with Crippen LogP contribution in [0, 0.1) is 0 Å². The van der Waals surface area contributed by atoms with E-state index in [0.717, 1.165) is 16.2 Å². The number of thioether (sulfide) groups is 1. The van der Waals surface area contributed by atoms with Crippen LogP contribution in [0.25, 0.3) is 6.08 Å². The van der Waals surface area contributed by atoms with E-state index in [0.29, 0.717) is 5.56 Å². The average Bonchev–Trinajstić information content (AvgIpc) is 2.53. The van der Waals surface area contributed by atoms with E-state index in [4.69, 9.17) is 4.74 Å². The second-order valence-electron chi connectivity index (χ2n) is 4.05. The van der Waals surface area contributed by atoms with E-state index >= 15 is 0 Å². The van der Waals surface area contributed by atoms with Crippen LogP contribution in [0.5, 0.6) is 5.75 Å². The van der Waals surface area contributed by atoms with Crippen LogP contribution in [-0.4, -0.2) is 24.1 Å². The first-order chi connectivity index (χ1) is 9.74. The quantitative estimate of drug-likeness (QED) is 0.477. The summed E-state index contributed by atoms with van der Waals surface area (Å²) in [4.78, 5) is 16.9. The number of hydrogen-bond acceptors (Lipinski definition) is 4. The first-order valence-corrected chi connectivity index (χ1v) is 7.31. The summed E-state index contributed by atoms with van der Waals surface area (Å²) in [5.74, 6) is 0.750. The number of methoxy groups -OCH3 is 1. The molecule has 0 saturated carbocycles. The Balaban J connectivity index is 2.17. The summed E-state index contributed by atoms with van der Waals surface area (Å²) in [6.07, 6.45) is 8.53. The fourth-order valence-electron chi connectivity index (χ4n) is 1.73. The fraction of sp³-hybridized carbons (Fsp3) is 0.125. The van der Waals surface area contributed by atoms with Gasteiger partial charge in [0.05, 0.1) is 7.11 Å². The minimum absolute atomic E-state index is 0.0639. The van der Waals surface area contributed by atoms with Crippen LogP contribution >= 0.6 is 11.8 Å². The average molecular weight is 285 g/mol. The monoisotopic (exact) mass is 285 g/mol.